The molecule has 1 aromatic carbocycles. The summed E-state index contributed by atoms with van der Waals surface area (Å²) in [6.45, 7) is 1.73. The van der Waals surface area contributed by atoms with E-state index in [0.717, 1.165) is 25.0 Å². The number of hydrogen-bond donors (Lipinski definition) is 1. The lowest BCUT2D eigenvalue weighted by atomic mass is 10.1. The van der Waals surface area contributed by atoms with Crippen molar-refractivity contribution in [3.63, 3.8) is 0 Å². The molecule has 0 spiro atoms. The number of hydrogen-bond acceptors (Lipinski definition) is 4. The Hall–Kier alpha value is -0.970. The van der Waals surface area contributed by atoms with E-state index in [-0.39, 0.29) is 6.10 Å². The molecule has 0 aromatic heterocycles. The summed E-state index contributed by atoms with van der Waals surface area (Å²) in [6.07, 6.45) is 3.49. The van der Waals surface area contributed by atoms with Crippen molar-refractivity contribution in [3.8, 4) is 11.5 Å². The highest BCUT2D eigenvalue weighted by molar-refractivity contribution is 6.32. The first-order chi connectivity index (χ1) is 9.24. The van der Waals surface area contributed by atoms with E-state index in [4.69, 9.17) is 31.5 Å². The standard InChI is InChI=1S/C14H20ClNO3/c1-17-13-7-10(8-16)6-12(15)14(13)19-9-11-4-2-3-5-18-11/h6-7,11H,2-5,8-9,16H2,1H3. The molecule has 1 unspecified atom stereocenters. The Morgan fingerprint density at radius 3 is 2.89 bits per heavy atom. The van der Waals surface area contributed by atoms with Gasteiger partial charge in [-0.05, 0) is 37.0 Å². The maximum Gasteiger partial charge on any atom is 0.179 e. The van der Waals surface area contributed by atoms with Crippen molar-refractivity contribution in [1.82, 2.24) is 0 Å². The van der Waals surface area contributed by atoms with Crippen LogP contribution < -0.4 is 15.2 Å². The molecule has 0 radical (unpaired) electrons. The summed E-state index contributed by atoms with van der Waals surface area (Å²) >= 11 is 6.21. The summed E-state index contributed by atoms with van der Waals surface area (Å²) in [5.74, 6) is 1.18. The summed E-state index contributed by atoms with van der Waals surface area (Å²) in [4.78, 5) is 0. The maximum atomic E-state index is 6.21. The van der Waals surface area contributed by atoms with E-state index in [9.17, 15) is 0 Å². The molecule has 1 aromatic rings. The molecule has 0 bridgehead atoms. The van der Waals surface area contributed by atoms with Crippen molar-refractivity contribution in [2.75, 3.05) is 20.3 Å². The Labute approximate surface area is 118 Å². The minimum Gasteiger partial charge on any atom is -0.493 e. The van der Waals surface area contributed by atoms with Gasteiger partial charge in [0.2, 0.25) is 0 Å². The van der Waals surface area contributed by atoms with E-state index >= 15 is 0 Å². The van der Waals surface area contributed by atoms with Crippen molar-refractivity contribution in [1.29, 1.82) is 0 Å². The van der Waals surface area contributed by atoms with Gasteiger partial charge in [-0.15, -0.1) is 0 Å². The summed E-state index contributed by atoms with van der Waals surface area (Å²) < 4.78 is 16.7. The van der Waals surface area contributed by atoms with E-state index < -0.39 is 0 Å². The molecule has 0 aliphatic carbocycles. The molecule has 1 aliphatic rings. The van der Waals surface area contributed by atoms with Gasteiger partial charge in [0.05, 0.1) is 18.2 Å². The van der Waals surface area contributed by atoms with Crippen LogP contribution in [0.15, 0.2) is 12.1 Å². The molecule has 1 atom stereocenters. The van der Waals surface area contributed by atoms with Gasteiger partial charge in [0, 0.05) is 13.2 Å². The second-order valence-corrected chi connectivity index (χ2v) is 5.02. The highest BCUT2D eigenvalue weighted by atomic mass is 35.5. The van der Waals surface area contributed by atoms with Crippen LogP contribution >= 0.6 is 11.6 Å². The number of benzene rings is 1. The summed E-state index contributed by atoms with van der Waals surface area (Å²) in [5, 5.41) is 0.524. The van der Waals surface area contributed by atoms with Gasteiger partial charge in [0.25, 0.3) is 0 Å². The fourth-order valence-corrected chi connectivity index (χ4v) is 2.43. The molecule has 0 saturated carbocycles. The zero-order valence-electron chi connectivity index (χ0n) is 11.2. The SMILES string of the molecule is COc1cc(CN)cc(Cl)c1OCC1CCCCO1. The van der Waals surface area contributed by atoms with Gasteiger partial charge in [0.1, 0.15) is 6.61 Å². The van der Waals surface area contributed by atoms with Crippen molar-refractivity contribution in [2.24, 2.45) is 5.73 Å². The van der Waals surface area contributed by atoms with Crippen LogP contribution in [-0.2, 0) is 11.3 Å². The van der Waals surface area contributed by atoms with E-state index in [2.05, 4.69) is 0 Å². The molecule has 0 amide bonds. The summed E-state index contributed by atoms with van der Waals surface area (Å²) in [7, 11) is 1.59. The second-order valence-electron chi connectivity index (χ2n) is 4.61. The molecular formula is C14H20ClNO3. The first kappa shape index (κ1) is 14.4. The zero-order valence-corrected chi connectivity index (χ0v) is 11.9. The molecule has 1 aliphatic heterocycles. The monoisotopic (exact) mass is 285 g/mol. The quantitative estimate of drug-likeness (QED) is 0.904. The number of nitrogens with two attached hydrogens (primary N) is 1. The number of halogens is 1. The topological polar surface area (TPSA) is 53.7 Å². The lowest BCUT2D eigenvalue weighted by Gasteiger charge is -2.23. The molecule has 19 heavy (non-hydrogen) atoms. The van der Waals surface area contributed by atoms with Crippen molar-refractivity contribution in [2.45, 2.75) is 31.9 Å². The third kappa shape index (κ3) is 3.75. The Balaban J connectivity index is 2.05. The van der Waals surface area contributed by atoms with Crippen LogP contribution in [0.25, 0.3) is 0 Å². The Morgan fingerprint density at radius 2 is 2.26 bits per heavy atom. The first-order valence-electron chi connectivity index (χ1n) is 6.55. The molecule has 1 saturated heterocycles. The van der Waals surface area contributed by atoms with Gasteiger partial charge in [-0.25, -0.2) is 0 Å². The predicted molar refractivity (Wildman–Crippen MR) is 75.0 cm³/mol. The summed E-state index contributed by atoms with van der Waals surface area (Å²) in [5.41, 5.74) is 6.53. The van der Waals surface area contributed by atoms with E-state index in [1.165, 1.54) is 6.42 Å². The largest absolute Gasteiger partial charge is 0.493 e. The average molecular weight is 286 g/mol. The molecule has 2 N–H and O–H groups in total. The highest BCUT2D eigenvalue weighted by Gasteiger charge is 2.17. The van der Waals surface area contributed by atoms with Crippen LogP contribution in [0.4, 0.5) is 0 Å². The van der Waals surface area contributed by atoms with E-state index in [1.807, 2.05) is 6.07 Å². The number of ether oxygens (including phenoxy) is 3. The fraction of sp³-hybridized carbons (Fsp3) is 0.571. The second kappa shape index (κ2) is 6.98. The average Bonchev–Trinajstić information content (AvgIpc) is 2.46. The Morgan fingerprint density at radius 1 is 1.42 bits per heavy atom. The minimum absolute atomic E-state index is 0.142. The van der Waals surface area contributed by atoms with Crippen LogP contribution in [0.3, 0.4) is 0 Å². The van der Waals surface area contributed by atoms with Crippen LogP contribution in [-0.4, -0.2) is 26.4 Å². The lowest BCUT2D eigenvalue weighted by Crippen LogP contribution is -2.26. The molecular weight excluding hydrogens is 266 g/mol. The number of methoxy groups -OCH3 is 1. The minimum atomic E-state index is 0.142. The normalized spacial score (nSPS) is 19.2. The van der Waals surface area contributed by atoms with E-state index in [0.29, 0.717) is 29.7 Å². The smallest absolute Gasteiger partial charge is 0.179 e. The van der Waals surface area contributed by atoms with Crippen LogP contribution in [0, 0.1) is 0 Å². The molecule has 106 valence electrons. The third-order valence-corrected chi connectivity index (χ3v) is 3.49. The van der Waals surface area contributed by atoms with Gasteiger partial charge in [0.15, 0.2) is 11.5 Å². The first-order valence-corrected chi connectivity index (χ1v) is 6.93. The maximum absolute atomic E-state index is 6.21. The van der Waals surface area contributed by atoms with Crippen LogP contribution in [0.5, 0.6) is 11.5 Å². The van der Waals surface area contributed by atoms with Gasteiger partial charge >= 0.3 is 0 Å². The van der Waals surface area contributed by atoms with Gasteiger partial charge in [-0.1, -0.05) is 11.6 Å². The lowest BCUT2D eigenvalue weighted by molar-refractivity contribution is -0.0114. The highest BCUT2D eigenvalue weighted by Crippen LogP contribution is 2.36. The molecule has 1 fully saturated rings. The third-order valence-electron chi connectivity index (χ3n) is 3.21. The van der Waals surface area contributed by atoms with Crippen LogP contribution in [0.1, 0.15) is 24.8 Å². The van der Waals surface area contributed by atoms with Crippen molar-refractivity contribution in [3.05, 3.63) is 22.7 Å². The van der Waals surface area contributed by atoms with Gasteiger partial charge in [-0.2, -0.15) is 0 Å². The van der Waals surface area contributed by atoms with Gasteiger partial charge in [-0.3, -0.25) is 0 Å². The summed E-state index contributed by atoms with van der Waals surface area (Å²) in [6, 6.07) is 3.66. The van der Waals surface area contributed by atoms with Gasteiger partial charge < -0.3 is 19.9 Å². The predicted octanol–water partition coefficient (Wildman–Crippen LogP) is 2.76. The van der Waals surface area contributed by atoms with Crippen LogP contribution in [0.2, 0.25) is 5.02 Å². The molecule has 2 rings (SSSR count). The number of rotatable bonds is 5. The van der Waals surface area contributed by atoms with Crippen molar-refractivity contribution < 1.29 is 14.2 Å². The molecule has 1 heterocycles. The molecule has 4 nitrogen and oxygen atoms in total. The Kier molecular flexibility index (Phi) is 5.31. The van der Waals surface area contributed by atoms with E-state index in [1.54, 1.807) is 13.2 Å². The molecule has 5 heteroatoms. The fourth-order valence-electron chi connectivity index (χ4n) is 2.15. The van der Waals surface area contributed by atoms with Crippen molar-refractivity contribution >= 4 is 11.6 Å². The zero-order chi connectivity index (χ0) is 13.7. The Bertz CT molecular complexity index is 419.